The topological polar surface area (TPSA) is 65.1 Å². The molecule has 0 radical (unpaired) electrons. The molecule has 7 heteroatoms. The van der Waals surface area contributed by atoms with Crippen molar-refractivity contribution in [3.63, 3.8) is 0 Å². The van der Waals surface area contributed by atoms with Gasteiger partial charge in [0.15, 0.2) is 0 Å². The molecule has 0 aliphatic carbocycles. The zero-order valence-corrected chi connectivity index (χ0v) is 15.1. The standard InChI is InChI=1S/C20H20FN5O/c1-2-3-4-5-11-25-12-10-16-17(19(25)27)18(14-6-8-15(21)9-7-14)26-20(24-16)22-13-23-26/h6-10,12-13H,2-5,11H2,1H3. The lowest BCUT2D eigenvalue weighted by molar-refractivity contribution is 0.573. The lowest BCUT2D eigenvalue weighted by Gasteiger charge is -2.11. The van der Waals surface area contributed by atoms with Gasteiger partial charge in [0.05, 0.1) is 16.6 Å². The van der Waals surface area contributed by atoms with Crippen LogP contribution in [0.2, 0.25) is 0 Å². The second-order valence-electron chi connectivity index (χ2n) is 6.57. The first-order valence-corrected chi connectivity index (χ1v) is 9.18. The molecule has 0 aliphatic heterocycles. The summed E-state index contributed by atoms with van der Waals surface area (Å²) in [5.41, 5.74) is 1.72. The highest BCUT2D eigenvalue weighted by Gasteiger charge is 2.17. The lowest BCUT2D eigenvalue weighted by Crippen LogP contribution is -2.21. The molecule has 0 amide bonds. The molecule has 0 fully saturated rings. The predicted octanol–water partition coefficient (Wildman–Crippen LogP) is 3.83. The summed E-state index contributed by atoms with van der Waals surface area (Å²) in [6.07, 6.45) is 7.53. The van der Waals surface area contributed by atoms with Crippen molar-refractivity contribution in [3.8, 4) is 11.3 Å². The Kier molecular flexibility index (Phi) is 4.66. The van der Waals surface area contributed by atoms with Gasteiger partial charge < -0.3 is 4.57 Å². The molecule has 3 heterocycles. The number of hydrogen-bond acceptors (Lipinski definition) is 4. The Morgan fingerprint density at radius 1 is 1.07 bits per heavy atom. The number of hydrogen-bond donors (Lipinski definition) is 0. The molecule has 1 aromatic carbocycles. The van der Waals surface area contributed by atoms with Crippen molar-refractivity contribution in [2.75, 3.05) is 0 Å². The monoisotopic (exact) mass is 365 g/mol. The second-order valence-corrected chi connectivity index (χ2v) is 6.57. The van der Waals surface area contributed by atoms with Crippen LogP contribution in [0.1, 0.15) is 32.6 Å². The summed E-state index contributed by atoms with van der Waals surface area (Å²) in [5.74, 6) is 0.0715. The number of benzene rings is 1. The zero-order valence-electron chi connectivity index (χ0n) is 15.1. The van der Waals surface area contributed by atoms with E-state index in [1.54, 1.807) is 27.4 Å². The van der Waals surface area contributed by atoms with Crippen molar-refractivity contribution in [3.05, 3.63) is 59.0 Å². The fourth-order valence-electron chi connectivity index (χ4n) is 3.32. The number of unbranched alkanes of at least 4 members (excludes halogenated alkanes) is 3. The Bertz CT molecular complexity index is 1150. The van der Waals surface area contributed by atoms with Crippen LogP contribution in [-0.2, 0) is 6.54 Å². The van der Waals surface area contributed by atoms with Crippen molar-refractivity contribution < 1.29 is 4.39 Å². The lowest BCUT2D eigenvalue weighted by atomic mass is 10.1. The number of fused-ring (bicyclic) bond motifs is 2. The van der Waals surface area contributed by atoms with Crippen LogP contribution in [0.4, 0.5) is 4.39 Å². The number of rotatable bonds is 6. The van der Waals surface area contributed by atoms with Gasteiger partial charge in [-0.3, -0.25) is 4.79 Å². The predicted molar refractivity (Wildman–Crippen MR) is 102 cm³/mol. The van der Waals surface area contributed by atoms with Crippen molar-refractivity contribution >= 4 is 16.7 Å². The van der Waals surface area contributed by atoms with E-state index in [2.05, 4.69) is 22.0 Å². The van der Waals surface area contributed by atoms with E-state index in [0.717, 1.165) is 25.7 Å². The molecule has 0 N–H and O–H groups in total. The van der Waals surface area contributed by atoms with Gasteiger partial charge in [-0.1, -0.05) is 26.2 Å². The quantitative estimate of drug-likeness (QED) is 0.487. The van der Waals surface area contributed by atoms with Gasteiger partial charge in [0.2, 0.25) is 0 Å². The minimum atomic E-state index is -0.333. The first-order valence-electron chi connectivity index (χ1n) is 9.18. The third-order valence-corrected chi connectivity index (χ3v) is 4.71. The molecule has 4 rings (SSSR count). The average molecular weight is 365 g/mol. The van der Waals surface area contributed by atoms with Crippen molar-refractivity contribution in [2.45, 2.75) is 39.2 Å². The minimum Gasteiger partial charge on any atom is -0.315 e. The van der Waals surface area contributed by atoms with Gasteiger partial charge in [-0.25, -0.2) is 9.37 Å². The molecule has 0 atom stereocenters. The Morgan fingerprint density at radius 3 is 2.67 bits per heavy atom. The molecule has 4 aromatic rings. The summed E-state index contributed by atoms with van der Waals surface area (Å²) in [5, 5.41) is 4.70. The molecule has 27 heavy (non-hydrogen) atoms. The molecule has 0 saturated carbocycles. The molecule has 3 aromatic heterocycles. The molecule has 0 saturated heterocycles. The summed E-state index contributed by atoms with van der Waals surface area (Å²) in [7, 11) is 0. The van der Waals surface area contributed by atoms with Gasteiger partial charge in [-0.15, -0.1) is 0 Å². The van der Waals surface area contributed by atoms with Crippen LogP contribution in [0.15, 0.2) is 47.7 Å². The SMILES string of the molecule is CCCCCCn1ccc2nc3ncnn3c(-c3ccc(F)cc3)c2c1=O. The highest BCUT2D eigenvalue weighted by molar-refractivity contribution is 5.93. The second kappa shape index (κ2) is 7.26. The van der Waals surface area contributed by atoms with Gasteiger partial charge in [-0.2, -0.15) is 14.6 Å². The Morgan fingerprint density at radius 2 is 1.89 bits per heavy atom. The molecule has 138 valence electrons. The number of aryl methyl sites for hydroxylation is 1. The van der Waals surface area contributed by atoms with Crippen LogP contribution in [0, 0.1) is 5.82 Å². The molecule has 6 nitrogen and oxygen atoms in total. The molecule has 0 bridgehead atoms. The molecule has 0 unspecified atom stereocenters. The van der Waals surface area contributed by atoms with E-state index in [1.807, 2.05) is 6.07 Å². The zero-order chi connectivity index (χ0) is 18.8. The van der Waals surface area contributed by atoms with E-state index in [1.165, 1.54) is 18.5 Å². The van der Waals surface area contributed by atoms with Gasteiger partial charge in [0.1, 0.15) is 12.1 Å². The maximum Gasteiger partial charge on any atom is 0.262 e. The highest BCUT2D eigenvalue weighted by Crippen LogP contribution is 2.26. The van der Waals surface area contributed by atoms with Crippen molar-refractivity contribution in [1.29, 1.82) is 0 Å². The first-order chi connectivity index (χ1) is 13.2. The Balaban J connectivity index is 1.92. The van der Waals surface area contributed by atoms with Crippen LogP contribution in [-0.4, -0.2) is 24.1 Å². The average Bonchev–Trinajstić information content (AvgIpc) is 3.14. The van der Waals surface area contributed by atoms with Gasteiger partial charge in [-0.05, 0) is 36.8 Å². The number of nitrogens with zero attached hydrogens (tertiary/aromatic N) is 5. The minimum absolute atomic E-state index is 0.117. The van der Waals surface area contributed by atoms with E-state index in [4.69, 9.17) is 0 Å². The van der Waals surface area contributed by atoms with Crippen molar-refractivity contribution in [2.24, 2.45) is 0 Å². The van der Waals surface area contributed by atoms with Crippen LogP contribution in [0.5, 0.6) is 0 Å². The van der Waals surface area contributed by atoms with Crippen LogP contribution in [0.25, 0.3) is 27.9 Å². The van der Waals surface area contributed by atoms with E-state index in [-0.39, 0.29) is 11.4 Å². The van der Waals surface area contributed by atoms with Crippen LogP contribution < -0.4 is 5.56 Å². The molecule has 0 aliphatic rings. The fraction of sp³-hybridized carbons (Fsp3) is 0.300. The summed E-state index contributed by atoms with van der Waals surface area (Å²) in [6.45, 7) is 2.82. The van der Waals surface area contributed by atoms with E-state index in [0.29, 0.717) is 34.5 Å². The fourth-order valence-corrected chi connectivity index (χ4v) is 3.32. The van der Waals surface area contributed by atoms with Gasteiger partial charge >= 0.3 is 0 Å². The Hall–Kier alpha value is -3.09. The smallest absolute Gasteiger partial charge is 0.262 e. The first kappa shape index (κ1) is 17.3. The number of halogens is 1. The van der Waals surface area contributed by atoms with E-state index < -0.39 is 0 Å². The van der Waals surface area contributed by atoms with Gasteiger partial charge in [0, 0.05) is 18.3 Å². The third-order valence-electron chi connectivity index (χ3n) is 4.71. The normalized spacial score (nSPS) is 11.5. The summed E-state index contributed by atoms with van der Waals surface area (Å²) >= 11 is 0. The van der Waals surface area contributed by atoms with Crippen molar-refractivity contribution in [1.82, 2.24) is 24.1 Å². The summed E-state index contributed by atoms with van der Waals surface area (Å²) in [4.78, 5) is 21.8. The number of aromatic nitrogens is 5. The molecule has 0 spiro atoms. The van der Waals surface area contributed by atoms with E-state index in [9.17, 15) is 9.18 Å². The van der Waals surface area contributed by atoms with E-state index >= 15 is 0 Å². The summed E-state index contributed by atoms with van der Waals surface area (Å²) in [6, 6.07) is 7.86. The number of pyridine rings is 1. The van der Waals surface area contributed by atoms with Crippen LogP contribution in [0.3, 0.4) is 0 Å². The molecular formula is C20H20FN5O. The maximum absolute atomic E-state index is 13.4. The Labute approximate surface area is 155 Å². The maximum atomic E-state index is 13.4. The summed E-state index contributed by atoms with van der Waals surface area (Å²) < 4.78 is 16.7. The van der Waals surface area contributed by atoms with Gasteiger partial charge in [0.25, 0.3) is 11.3 Å². The highest BCUT2D eigenvalue weighted by atomic mass is 19.1. The molecular weight excluding hydrogens is 345 g/mol. The van der Waals surface area contributed by atoms with Crippen LogP contribution >= 0.6 is 0 Å². The largest absolute Gasteiger partial charge is 0.315 e. The third kappa shape index (κ3) is 3.20.